The molecule has 0 radical (unpaired) electrons. The summed E-state index contributed by atoms with van der Waals surface area (Å²) in [6, 6.07) is 7.25. The van der Waals surface area contributed by atoms with Crippen LogP contribution < -0.4 is 0 Å². The molecule has 1 aromatic carbocycles. The number of carbonyl (C=O) groups excluding carboxylic acids is 1. The van der Waals surface area contributed by atoms with Crippen molar-refractivity contribution in [1.29, 1.82) is 0 Å². The standard InChI is InChI=1S/C18H22ClN3O3/c1-11(2)16-15(17(23)21(4)10-12(3)18(24)25)9-20-22(16)14-7-5-6-13(19)8-14/h5-9,11-12H,10H2,1-4H3,(H,24,25). The van der Waals surface area contributed by atoms with Gasteiger partial charge in [-0.15, -0.1) is 0 Å². The van der Waals surface area contributed by atoms with Crippen molar-refractivity contribution >= 4 is 23.5 Å². The van der Waals surface area contributed by atoms with Gasteiger partial charge in [0, 0.05) is 18.6 Å². The van der Waals surface area contributed by atoms with Crippen LogP contribution in [0.5, 0.6) is 0 Å². The third-order valence-electron chi connectivity index (χ3n) is 3.95. The second-order valence-corrected chi connectivity index (χ2v) is 6.85. The molecule has 0 saturated heterocycles. The Morgan fingerprint density at radius 1 is 1.32 bits per heavy atom. The summed E-state index contributed by atoms with van der Waals surface area (Å²) < 4.78 is 1.71. The SMILES string of the molecule is CC(CN(C)C(=O)c1cnn(-c2cccc(Cl)c2)c1C(C)C)C(=O)O. The van der Waals surface area contributed by atoms with Crippen molar-refractivity contribution in [3.8, 4) is 5.69 Å². The molecule has 1 atom stereocenters. The van der Waals surface area contributed by atoms with Gasteiger partial charge in [-0.05, 0) is 24.1 Å². The molecule has 2 aromatic rings. The van der Waals surface area contributed by atoms with E-state index in [0.29, 0.717) is 10.6 Å². The van der Waals surface area contributed by atoms with E-state index in [1.54, 1.807) is 30.8 Å². The van der Waals surface area contributed by atoms with Gasteiger partial charge in [-0.2, -0.15) is 5.10 Å². The van der Waals surface area contributed by atoms with Crippen molar-refractivity contribution in [2.75, 3.05) is 13.6 Å². The number of amides is 1. The third kappa shape index (κ3) is 4.20. The van der Waals surface area contributed by atoms with Crippen LogP contribution in [0, 0.1) is 5.92 Å². The summed E-state index contributed by atoms with van der Waals surface area (Å²) in [7, 11) is 1.60. The normalized spacial score (nSPS) is 12.2. The number of carbonyl (C=O) groups is 2. The highest BCUT2D eigenvalue weighted by Crippen LogP contribution is 2.25. The maximum absolute atomic E-state index is 12.8. The minimum absolute atomic E-state index is 0.0470. The Morgan fingerprint density at radius 2 is 2.00 bits per heavy atom. The number of hydrogen-bond donors (Lipinski definition) is 1. The molecule has 25 heavy (non-hydrogen) atoms. The Bertz CT molecular complexity index is 786. The number of carboxylic acid groups (broad SMARTS) is 1. The van der Waals surface area contributed by atoms with E-state index in [1.807, 2.05) is 26.0 Å². The van der Waals surface area contributed by atoms with E-state index in [2.05, 4.69) is 5.10 Å². The molecular weight excluding hydrogens is 342 g/mol. The van der Waals surface area contributed by atoms with Crippen LogP contribution in [0.25, 0.3) is 5.69 Å². The molecule has 0 bridgehead atoms. The average Bonchev–Trinajstić information content (AvgIpc) is 2.99. The molecule has 1 heterocycles. The first kappa shape index (κ1) is 19.0. The average molecular weight is 364 g/mol. The van der Waals surface area contributed by atoms with Crippen molar-refractivity contribution < 1.29 is 14.7 Å². The van der Waals surface area contributed by atoms with Gasteiger partial charge in [0.1, 0.15) is 0 Å². The maximum atomic E-state index is 12.8. The molecule has 1 N–H and O–H groups in total. The van der Waals surface area contributed by atoms with E-state index in [1.165, 1.54) is 11.1 Å². The molecule has 1 aromatic heterocycles. The Hall–Kier alpha value is -2.34. The summed E-state index contributed by atoms with van der Waals surface area (Å²) in [6.07, 6.45) is 1.53. The summed E-state index contributed by atoms with van der Waals surface area (Å²) in [6.45, 7) is 5.67. The Labute approximate surface area is 152 Å². The number of carboxylic acids is 1. The molecule has 1 amide bonds. The van der Waals surface area contributed by atoms with Gasteiger partial charge in [-0.25, -0.2) is 4.68 Å². The van der Waals surface area contributed by atoms with E-state index in [9.17, 15) is 9.59 Å². The van der Waals surface area contributed by atoms with Crippen LogP contribution >= 0.6 is 11.6 Å². The number of aromatic nitrogens is 2. The van der Waals surface area contributed by atoms with Gasteiger partial charge in [0.15, 0.2) is 0 Å². The second-order valence-electron chi connectivity index (χ2n) is 6.41. The quantitative estimate of drug-likeness (QED) is 0.853. The zero-order chi connectivity index (χ0) is 18.7. The van der Waals surface area contributed by atoms with E-state index in [-0.39, 0.29) is 18.4 Å². The smallest absolute Gasteiger partial charge is 0.308 e. The first-order valence-electron chi connectivity index (χ1n) is 8.04. The van der Waals surface area contributed by atoms with E-state index < -0.39 is 11.9 Å². The Morgan fingerprint density at radius 3 is 2.56 bits per heavy atom. The van der Waals surface area contributed by atoms with Crippen molar-refractivity contribution in [3.63, 3.8) is 0 Å². The largest absolute Gasteiger partial charge is 0.481 e. The summed E-state index contributed by atoms with van der Waals surface area (Å²) in [4.78, 5) is 25.2. The molecule has 0 aliphatic rings. The maximum Gasteiger partial charge on any atom is 0.308 e. The molecule has 1 unspecified atom stereocenters. The van der Waals surface area contributed by atoms with E-state index in [0.717, 1.165) is 11.4 Å². The monoisotopic (exact) mass is 363 g/mol. The lowest BCUT2D eigenvalue weighted by Crippen LogP contribution is -2.34. The number of aliphatic carboxylic acids is 1. The fourth-order valence-electron chi connectivity index (χ4n) is 2.67. The number of rotatable bonds is 6. The summed E-state index contributed by atoms with van der Waals surface area (Å²) in [5, 5.41) is 14.0. The van der Waals surface area contributed by atoms with Crippen LogP contribution in [0.2, 0.25) is 5.02 Å². The second kappa shape index (κ2) is 7.70. The highest BCUT2D eigenvalue weighted by atomic mass is 35.5. The van der Waals surface area contributed by atoms with Crippen molar-refractivity contribution in [2.45, 2.75) is 26.7 Å². The highest BCUT2D eigenvalue weighted by molar-refractivity contribution is 6.30. The fourth-order valence-corrected chi connectivity index (χ4v) is 2.85. The lowest BCUT2D eigenvalue weighted by Gasteiger charge is -2.20. The Balaban J connectivity index is 2.39. The molecule has 6 nitrogen and oxygen atoms in total. The predicted octanol–water partition coefficient (Wildman–Crippen LogP) is 3.44. The highest BCUT2D eigenvalue weighted by Gasteiger charge is 2.25. The van der Waals surface area contributed by atoms with E-state index in [4.69, 9.17) is 16.7 Å². The lowest BCUT2D eigenvalue weighted by atomic mass is 10.0. The topological polar surface area (TPSA) is 75.4 Å². The van der Waals surface area contributed by atoms with Gasteiger partial charge in [0.25, 0.3) is 5.91 Å². The van der Waals surface area contributed by atoms with Gasteiger partial charge in [-0.3, -0.25) is 9.59 Å². The summed E-state index contributed by atoms with van der Waals surface area (Å²) >= 11 is 6.06. The van der Waals surface area contributed by atoms with Crippen molar-refractivity contribution in [3.05, 3.63) is 46.7 Å². The van der Waals surface area contributed by atoms with Crippen LogP contribution in [0.4, 0.5) is 0 Å². The van der Waals surface area contributed by atoms with Crippen molar-refractivity contribution in [1.82, 2.24) is 14.7 Å². The van der Waals surface area contributed by atoms with Gasteiger partial charge >= 0.3 is 5.97 Å². The number of benzene rings is 1. The molecule has 0 saturated carbocycles. The molecule has 2 rings (SSSR count). The van der Waals surface area contributed by atoms with Crippen LogP contribution in [-0.2, 0) is 4.79 Å². The molecule has 0 aliphatic heterocycles. The van der Waals surface area contributed by atoms with Gasteiger partial charge in [0.2, 0.25) is 0 Å². The van der Waals surface area contributed by atoms with Crippen LogP contribution in [0.1, 0.15) is 42.7 Å². The minimum atomic E-state index is -0.932. The third-order valence-corrected chi connectivity index (χ3v) is 4.19. The van der Waals surface area contributed by atoms with Crippen LogP contribution in [0.3, 0.4) is 0 Å². The van der Waals surface area contributed by atoms with Crippen LogP contribution in [0.15, 0.2) is 30.5 Å². The zero-order valence-electron chi connectivity index (χ0n) is 14.7. The fraction of sp³-hybridized carbons (Fsp3) is 0.389. The molecular formula is C18H22ClN3O3. The number of halogens is 1. The minimum Gasteiger partial charge on any atom is -0.481 e. The Kier molecular flexibility index (Phi) is 5.85. The molecule has 0 aliphatic carbocycles. The first-order valence-corrected chi connectivity index (χ1v) is 8.42. The van der Waals surface area contributed by atoms with E-state index >= 15 is 0 Å². The molecule has 0 spiro atoms. The molecule has 7 heteroatoms. The number of nitrogens with zero attached hydrogens (tertiary/aromatic N) is 3. The van der Waals surface area contributed by atoms with Gasteiger partial charge < -0.3 is 10.0 Å². The lowest BCUT2D eigenvalue weighted by molar-refractivity contribution is -0.141. The predicted molar refractivity (Wildman–Crippen MR) is 96.4 cm³/mol. The van der Waals surface area contributed by atoms with Gasteiger partial charge in [0.05, 0.1) is 29.1 Å². The molecule has 0 fully saturated rings. The van der Waals surface area contributed by atoms with Gasteiger partial charge in [-0.1, -0.05) is 38.4 Å². The zero-order valence-corrected chi connectivity index (χ0v) is 15.5. The van der Waals surface area contributed by atoms with Crippen molar-refractivity contribution in [2.24, 2.45) is 5.92 Å². The molecule has 134 valence electrons. The first-order chi connectivity index (χ1) is 11.7. The number of hydrogen-bond acceptors (Lipinski definition) is 3. The van der Waals surface area contributed by atoms with Crippen LogP contribution in [-0.4, -0.2) is 45.3 Å². The summed E-state index contributed by atoms with van der Waals surface area (Å²) in [5.74, 6) is -1.77. The summed E-state index contributed by atoms with van der Waals surface area (Å²) in [5.41, 5.74) is 2.01.